The van der Waals surface area contributed by atoms with Gasteiger partial charge in [0.2, 0.25) is 0 Å². The van der Waals surface area contributed by atoms with E-state index < -0.39 is 17.3 Å². The topological polar surface area (TPSA) is 56.2 Å². The van der Waals surface area contributed by atoms with E-state index in [2.05, 4.69) is 6.92 Å². The number of rotatable bonds is 2. The Morgan fingerprint density at radius 1 is 1.04 bits per heavy atom. The first-order valence-electron chi connectivity index (χ1n) is 8.75. The summed E-state index contributed by atoms with van der Waals surface area (Å²) in [6.45, 7) is 2.24. The average Bonchev–Trinajstić information content (AvgIpc) is 2.62. The van der Waals surface area contributed by atoms with Gasteiger partial charge in [-0.3, -0.25) is 0 Å². The number of fused-ring (bicyclic) bond motifs is 3. The number of benzene rings is 2. The molecule has 3 nitrogen and oxygen atoms in total. The van der Waals surface area contributed by atoms with E-state index in [0.717, 1.165) is 25.7 Å². The summed E-state index contributed by atoms with van der Waals surface area (Å²) in [5, 5.41) is 0.904. The number of hydrogen-bond donors (Lipinski definition) is 1. The Morgan fingerprint density at radius 2 is 1.73 bits per heavy atom. The summed E-state index contributed by atoms with van der Waals surface area (Å²) in [6, 6.07) is 6.28. The van der Waals surface area contributed by atoms with Crippen LogP contribution in [0.25, 0.3) is 21.7 Å². The summed E-state index contributed by atoms with van der Waals surface area (Å²) in [4.78, 5) is 12.8. The highest BCUT2D eigenvalue weighted by atomic mass is 32.2. The molecule has 26 heavy (non-hydrogen) atoms. The van der Waals surface area contributed by atoms with Crippen molar-refractivity contribution in [3.05, 3.63) is 46.3 Å². The summed E-state index contributed by atoms with van der Waals surface area (Å²) < 4.78 is 34.3. The van der Waals surface area contributed by atoms with Crippen LogP contribution in [-0.2, 0) is 0 Å². The molecule has 0 spiro atoms. The summed E-state index contributed by atoms with van der Waals surface area (Å²) in [5.41, 5.74) is 4.31. The molecule has 1 saturated carbocycles. The van der Waals surface area contributed by atoms with E-state index in [1.165, 1.54) is 17.8 Å². The highest BCUT2D eigenvalue weighted by molar-refractivity contribution is 8.00. The number of halogens is 2. The van der Waals surface area contributed by atoms with Gasteiger partial charge < -0.3 is 10.2 Å². The summed E-state index contributed by atoms with van der Waals surface area (Å²) in [7, 11) is 0. The van der Waals surface area contributed by atoms with Gasteiger partial charge in [-0.05, 0) is 49.8 Å². The monoisotopic (exact) mass is 375 g/mol. The minimum absolute atomic E-state index is 0.112. The van der Waals surface area contributed by atoms with Crippen LogP contribution in [0.15, 0.2) is 38.4 Å². The molecule has 2 aromatic carbocycles. The second-order valence-electron chi connectivity index (χ2n) is 7.03. The minimum atomic E-state index is -0.880. The fourth-order valence-corrected chi connectivity index (χ4v) is 4.84. The summed E-state index contributed by atoms with van der Waals surface area (Å²) >= 11 is 1.48. The molecule has 1 heterocycles. The maximum Gasteiger partial charge on any atom is 0.347 e. The zero-order valence-electron chi connectivity index (χ0n) is 14.4. The average molecular weight is 375 g/mol. The lowest BCUT2D eigenvalue weighted by atomic mass is 9.91. The van der Waals surface area contributed by atoms with Gasteiger partial charge in [-0.1, -0.05) is 13.0 Å². The van der Waals surface area contributed by atoms with Gasteiger partial charge in [0.15, 0.2) is 17.2 Å². The normalized spacial score (nSPS) is 20.7. The molecule has 4 rings (SSSR count). The molecule has 0 atom stereocenters. The SMILES string of the molecule is CC1CCC(Sc2ccc3c(c2F)c(=O)oc2c(F)c(N)ccc23)CC1. The second kappa shape index (κ2) is 6.58. The standard InChI is InChI=1S/C20H19F2NO2S/c1-10-2-4-11(5-3-10)26-15-9-7-12-13-6-8-14(23)17(21)19(13)25-20(24)16(12)18(15)22/h6-11H,2-5,23H2,1H3. The van der Waals surface area contributed by atoms with E-state index >= 15 is 4.39 Å². The maximum atomic E-state index is 15.1. The third kappa shape index (κ3) is 2.86. The van der Waals surface area contributed by atoms with Crippen molar-refractivity contribution in [2.24, 2.45) is 5.92 Å². The Kier molecular flexibility index (Phi) is 4.39. The Bertz CT molecular complexity index is 1060. The predicted octanol–water partition coefficient (Wildman–Crippen LogP) is 5.48. The first-order valence-corrected chi connectivity index (χ1v) is 9.63. The number of thioether (sulfide) groups is 1. The van der Waals surface area contributed by atoms with Crippen molar-refractivity contribution < 1.29 is 13.2 Å². The van der Waals surface area contributed by atoms with Gasteiger partial charge in [0.25, 0.3) is 0 Å². The van der Waals surface area contributed by atoms with Crippen LogP contribution >= 0.6 is 11.8 Å². The van der Waals surface area contributed by atoms with E-state index in [1.807, 2.05) is 0 Å². The number of hydrogen-bond acceptors (Lipinski definition) is 4. The van der Waals surface area contributed by atoms with Crippen LogP contribution in [0.3, 0.4) is 0 Å². The lowest BCUT2D eigenvalue weighted by Gasteiger charge is -2.25. The second-order valence-corrected chi connectivity index (χ2v) is 8.38. The van der Waals surface area contributed by atoms with Crippen molar-refractivity contribution in [3.63, 3.8) is 0 Å². The number of anilines is 1. The van der Waals surface area contributed by atoms with Gasteiger partial charge in [0, 0.05) is 20.9 Å². The summed E-state index contributed by atoms with van der Waals surface area (Å²) in [6.07, 6.45) is 4.36. The van der Waals surface area contributed by atoms with Crippen molar-refractivity contribution in [2.75, 3.05) is 5.73 Å². The molecule has 136 valence electrons. The lowest BCUT2D eigenvalue weighted by Crippen LogP contribution is -2.14. The Hall–Kier alpha value is -2.08. The van der Waals surface area contributed by atoms with E-state index in [-0.39, 0.29) is 16.7 Å². The van der Waals surface area contributed by atoms with E-state index in [0.29, 0.717) is 26.8 Å². The zero-order chi connectivity index (χ0) is 18.4. The van der Waals surface area contributed by atoms with E-state index in [1.54, 1.807) is 18.2 Å². The van der Waals surface area contributed by atoms with Crippen molar-refractivity contribution in [2.45, 2.75) is 42.8 Å². The molecule has 0 saturated heterocycles. The van der Waals surface area contributed by atoms with Crippen LogP contribution in [0, 0.1) is 17.6 Å². The molecule has 0 bridgehead atoms. The fourth-order valence-electron chi connectivity index (χ4n) is 3.63. The van der Waals surface area contributed by atoms with Crippen LogP contribution in [0.2, 0.25) is 0 Å². The molecule has 1 fully saturated rings. The van der Waals surface area contributed by atoms with E-state index in [4.69, 9.17) is 10.2 Å². The Labute approximate surface area is 153 Å². The smallest absolute Gasteiger partial charge is 0.347 e. The van der Waals surface area contributed by atoms with Crippen molar-refractivity contribution >= 4 is 39.2 Å². The van der Waals surface area contributed by atoms with Crippen LogP contribution in [-0.4, -0.2) is 5.25 Å². The van der Waals surface area contributed by atoms with Crippen molar-refractivity contribution in [3.8, 4) is 0 Å². The third-order valence-electron chi connectivity index (χ3n) is 5.18. The van der Waals surface area contributed by atoms with Gasteiger partial charge >= 0.3 is 5.63 Å². The van der Waals surface area contributed by atoms with Gasteiger partial charge in [-0.25, -0.2) is 13.6 Å². The van der Waals surface area contributed by atoms with Crippen LogP contribution < -0.4 is 11.4 Å². The molecule has 0 aliphatic heterocycles. The molecule has 2 N–H and O–H groups in total. The van der Waals surface area contributed by atoms with Crippen LogP contribution in [0.5, 0.6) is 0 Å². The highest BCUT2D eigenvalue weighted by Crippen LogP contribution is 2.39. The largest absolute Gasteiger partial charge is 0.419 e. The molecule has 6 heteroatoms. The van der Waals surface area contributed by atoms with Crippen LogP contribution in [0.4, 0.5) is 14.5 Å². The minimum Gasteiger partial charge on any atom is -0.419 e. The van der Waals surface area contributed by atoms with Crippen molar-refractivity contribution in [1.82, 2.24) is 0 Å². The molecule has 0 radical (unpaired) electrons. The first-order chi connectivity index (χ1) is 12.5. The maximum absolute atomic E-state index is 15.1. The Morgan fingerprint density at radius 3 is 2.46 bits per heavy atom. The number of nitrogens with two attached hydrogens (primary N) is 1. The van der Waals surface area contributed by atoms with E-state index in [9.17, 15) is 9.18 Å². The quantitative estimate of drug-likeness (QED) is 0.366. The summed E-state index contributed by atoms with van der Waals surface area (Å²) in [5.74, 6) is -0.662. The van der Waals surface area contributed by atoms with Crippen LogP contribution in [0.1, 0.15) is 32.6 Å². The predicted molar refractivity (Wildman–Crippen MR) is 102 cm³/mol. The van der Waals surface area contributed by atoms with Crippen molar-refractivity contribution in [1.29, 1.82) is 0 Å². The first kappa shape index (κ1) is 17.3. The number of nitrogen functional groups attached to an aromatic ring is 1. The highest BCUT2D eigenvalue weighted by Gasteiger charge is 2.23. The van der Waals surface area contributed by atoms with Gasteiger partial charge in [-0.2, -0.15) is 0 Å². The molecule has 0 amide bonds. The third-order valence-corrected chi connectivity index (χ3v) is 6.55. The molecular formula is C20H19F2NO2S. The zero-order valence-corrected chi connectivity index (χ0v) is 15.2. The lowest BCUT2D eigenvalue weighted by molar-refractivity contribution is 0.393. The van der Waals surface area contributed by atoms with Gasteiger partial charge in [0.05, 0.1) is 5.69 Å². The molecule has 1 aromatic heterocycles. The molecule has 1 aliphatic rings. The van der Waals surface area contributed by atoms with Gasteiger partial charge in [0.1, 0.15) is 5.39 Å². The molecular weight excluding hydrogens is 356 g/mol. The molecule has 3 aromatic rings. The van der Waals surface area contributed by atoms with Gasteiger partial charge in [-0.15, -0.1) is 11.8 Å². The molecule has 0 unspecified atom stereocenters. The Balaban J connectivity index is 1.83. The molecule has 1 aliphatic carbocycles. The fraction of sp³-hybridized carbons (Fsp3) is 0.350.